The Morgan fingerprint density at radius 3 is 2.75 bits per heavy atom. The van der Waals surface area contributed by atoms with Crippen LogP contribution in [0.5, 0.6) is 0 Å². The molecule has 0 saturated carbocycles. The summed E-state index contributed by atoms with van der Waals surface area (Å²) in [6.07, 6.45) is 2.41. The van der Waals surface area contributed by atoms with Gasteiger partial charge in [-0.25, -0.2) is 13.2 Å². The molecule has 0 radical (unpaired) electrons. The van der Waals surface area contributed by atoms with Gasteiger partial charge in [-0.3, -0.25) is 9.71 Å². The third-order valence-corrected chi connectivity index (χ3v) is 5.79. The molecule has 0 amide bonds. The molecule has 0 aromatic carbocycles. The lowest BCUT2D eigenvalue weighted by Gasteiger charge is -2.08. The normalized spacial score (nSPS) is 11.3. The Bertz CT molecular complexity index is 751. The van der Waals surface area contributed by atoms with Crippen LogP contribution in [0.15, 0.2) is 28.7 Å². The van der Waals surface area contributed by atoms with Crippen LogP contribution < -0.4 is 4.72 Å². The number of carbonyl (C=O) groups is 1. The average molecular weight is 333 g/mol. The van der Waals surface area contributed by atoms with E-state index < -0.39 is 16.0 Å². The third-order valence-electron chi connectivity index (χ3n) is 2.40. The molecule has 20 heavy (non-hydrogen) atoms. The van der Waals surface area contributed by atoms with Gasteiger partial charge in [0.05, 0.1) is 21.8 Å². The van der Waals surface area contributed by atoms with Gasteiger partial charge in [0.1, 0.15) is 4.21 Å². The van der Waals surface area contributed by atoms with Gasteiger partial charge in [-0.15, -0.1) is 11.3 Å². The van der Waals surface area contributed by atoms with Crippen molar-refractivity contribution in [2.75, 3.05) is 4.72 Å². The van der Waals surface area contributed by atoms with E-state index in [2.05, 4.69) is 9.71 Å². The minimum atomic E-state index is -3.89. The Morgan fingerprint density at radius 1 is 1.50 bits per heavy atom. The van der Waals surface area contributed by atoms with E-state index in [4.69, 9.17) is 16.7 Å². The summed E-state index contributed by atoms with van der Waals surface area (Å²) in [5.74, 6) is -1.24. The van der Waals surface area contributed by atoms with Crippen LogP contribution in [0.25, 0.3) is 0 Å². The predicted octanol–water partition coefficient (Wildman–Crippen LogP) is 2.60. The van der Waals surface area contributed by atoms with E-state index in [0.29, 0.717) is 9.90 Å². The van der Waals surface area contributed by atoms with Crippen LogP contribution >= 0.6 is 22.9 Å². The number of rotatable bonds is 4. The summed E-state index contributed by atoms with van der Waals surface area (Å²) in [6, 6.07) is 2.64. The number of aromatic nitrogens is 1. The number of carboxylic acid groups (broad SMARTS) is 1. The molecule has 0 fully saturated rings. The molecule has 9 heteroatoms. The highest BCUT2D eigenvalue weighted by Gasteiger charge is 2.21. The van der Waals surface area contributed by atoms with Gasteiger partial charge in [0, 0.05) is 6.20 Å². The van der Waals surface area contributed by atoms with E-state index in [1.54, 1.807) is 6.92 Å². The van der Waals surface area contributed by atoms with Gasteiger partial charge in [-0.05, 0) is 24.6 Å². The molecule has 0 atom stereocenters. The van der Waals surface area contributed by atoms with Gasteiger partial charge < -0.3 is 5.11 Å². The smallest absolute Gasteiger partial charge is 0.337 e. The molecule has 0 aliphatic carbocycles. The average Bonchev–Trinajstić information content (AvgIpc) is 2.70. The number of carboxylic acids is 1. The molecule has 2 aromatic rings. The fourth-order valence-electron chi connectivity index (χ4n) is 1.42. The molecule has 106 valence electrons. The van der Waals surface area contributed by atoms with Crippen molar-refractivity contribution < 1.29 is 18.3 Å². The fraction of sp³-hybridized carbons (Fsp3) is 0.0909. The molecular formula is C11H9ClN2O4S2. The van der Waals surface area contributed by atoms with Crippen molar-refractivity contribution in [2.24, 2.45) is 0 Å². The first-order valence-corrected chi connectivity index (χ1v) is 7.95. The van der Waals surface area contributed by atoms with E-state index in [9.17, 15) is 13.2 Å². The van der Waals surface area contributed by atoms with E-state index >= 15 is 0 Å². The maximum Gasteiger partial charge on any atom is 0.337 e. The van der Waals surface area contributed by atoms with E-state index in [1.165, 1.54) is 18.3 Å². The number of halogens is 1. The van der Waals surface area contributed by atoms with Crippen LogP contribution in [0.4, 0.5) is 5.69 Å². The standard InChI is InChI=1S/C11H9ClN2O4S2/c1-6-4-9(19-10(6)12)20(17,18)14-8-5-13-3-2-7(8)11(15)16/h2-5,14H,1H3,(H,15,16). The Hall–Kier alpha value is -1.64. The fourth-order valence-corrected chi connectivity index (χ4v) is 4.19. The van der Waals surface area contributed by atoms with E-state index in [0.717, 1.165) is 17.5 Å². The van der Waals surface area contributed by atoms with Crippen molar-refractivity contribution in [1.29, 1.82) is 0 Å². The highest BCUT2D eigenvalue weighted by atomic mass is 35.5. The number of pyridine rings is 1. The molecule has 2 heterocycles. The lowest BCUT2D eigenvalue weighted by atomic mass is 10.2. The number of sulfonamides is 1. The van der Waals surface area contributed by atoms with Crippen LogP contribution in [-0.4, -0.2) is 24.5 Å². The highest BCUT2D eigenvalue weighted by molar-refractivity contribution is 7.94. The first kappa shape index (κ1) is 14.8. The summed E-state index contributed by atoms with van der Waals surface area (Å²) in [5.41, 5.74) is 0.367. The molecule has 0 unspecified atom stereocenters. The molecule has 0 saturated heterocycles. The van der Waals surface area contributed by atoms with E-state index in [1.807, 2.05) is 0 Å². The van der Waals surface area contributed by atoms with Gasteiger partial charge in [-0.2, -0.15) is 0 Å². The van der Waals surface area contributed by atoms with Crippen molar-refractivity contribution in [2.45, 2.75) is 11.1 Å². The monoisotopic (exact) mass is 332 g/mol. The molecule has 0 aliphatic rings. The van der Waals surface area contributed by atoms with Gasteiger partial charge >= 0.3 is 5.97 Å². The van der Waals surface area contributed by atoms with Crippen LogP contribution in [0.2, 0.25) is 4.34 Å². The van der Waals surface area contributed by atoms with Gasteiger partial charge in [0.2, 0.25) is 0 Å². The summed E-state index contributed by atoms with van der Waals surface area (Å²) in [5, 5.41) is 9.00. The van der Waals surface area contributed by atoms with Crippen molar-refractivity contribution >= 4 is 44.6 Å². The maximum atomic E-state index is 12.2. The molecule has 2 aromatic heterocycles. The number of nitrogens with one attached hydrogen (secondary N) is 1. The second-order valence-corrected chi connectivity index (χ2v) is 7.42. The van der Waals surface area contributed by atoms with Gasteiger partial charge in [-0.1, -0.05) is 11.6 Å². The summed E-state index contributed by atoms with van der Waals surface area (Å²) in [6.45, 7) is 1.69. The minimum Gasteiger partial charge on any atom is -0.478 e. The number of anilines is 1. The van der Waals surface area contributed by atoms with Crippen molar-refractivity contribution in [3.05, 3.63) is 40.0 Å². The van der Waals surface area contributed by atoms with Gasteiger partial charge in [0.25, 0.3) is 10.0 Å². The number of aryl methyl sites for hydroxylation is 1. The van der Waals surface area contributed by atoms with E-state index in [-0.39, 0.29) is 15.5 Å². The molecule has 2 N–H and O–H groups in total. The third kappa shape index (κ3) is 2.92. The summed E-state index contributed by atoms with van der Waals surface area (Å²) >= 11 is 6.74. The zero-order chi connectivity index (χ0) is 14.9. The summed E-state index contributed by atoms with van der Waals surface area (Å²) in [7, 11) is -3.89. The molecule has 0 aliphatic heterocycles. The number of hydrogen-bond donors (Lipinski definition) is 2. The minimum absolute atomic E-state index is 0.0141. The van der Waals surface area contributed by atoms with Crippen LogP contribution in [-0.2, 0) is 10.0 Å². The summed E-state index contributed by atoms with van der Waals surface area (Å²) in [4.78, 5) is 14.7. The first-order chi connectivity index (χ1) is 9.31. The predicted molar refractivity (Wildman–Crippen MR) is 76.1 cm³/mol. The number of thiophene rings is 1. The van der Waals surface area contributed by atoms with Gasteiger partial charge in [0.15, 0.2) is 0 Å². The van der Waals surface area contributed by atoms with Crippen molar-refractivity contribution in [1.82, 2.24) is 4.98 Å². The molecule has 6 nitrogen and oxygen atoms in total. The molecule has 0 bridgehead atoms. The maximum absolute atomic E-state index is 12.2. The van der Waals surface area contributed by atoms with Crippen LogP contribution in [0, 0.1) is 6.92 Å². The SMILES string of the molecule is Cc1cc(S(=O)(=O)Nc2cnccc2C(=O)O)sc1Cl. The van der Waals surface area contributed by atoms with Crippen molar-refractivity contribution in [3.63, 3.8) is 0 Å². The Kier molecular flexibility index (Phi) is 3.98. The molecule has 0 spiro atoms. The number of hydrogen-bond acceptors (Lipinski definition) is 5. The quantitative estimate of drug-likeness (QED) is 0.897. The zero-order valence-electron chi connectivity index (χ0n) is 10.1. The molecular weight excluding hydrogens is 324 g/mol. The second kappa shape index (κ2) is 5.39. The largest absolute Gasteiger partial charge is 0.478 e. The molecule has 2 rings (SSSR count). The second-order valence-electron chi connectivity index (χ2n) is 3.85. The van der Waals surface area contributed by atoms with Crippen LogP contribution in [0.3, 0.4) is 0 Å². The Labute approximate surface area is 124 Å². The zero-order valence-corrected chi connectivity index (χ0v) is 12.5. The lowest BCUT2D eigenvalue weighted by molar-refractivity contribution is 0.0698. The highest BCUT2D eigenvalue weighted by Crippen LogP contribution is 2.31. The number of aromatic carboxylic acids is 1. The van der Waals surface area contributed by atoms with Crippen LogP contribution in [0.1, 0.15) is 15.9 Å². The first-order valence-electron chi connectivity index (χ1n) is 5.27. The Morgan fingerprint density at radius 2 is 2.20 bits per heavy atom. The summed E-state index contributed by atoms with van der Waals surface area (Å²) < 4.78 is 26.9. The topological polar surface area (TPSA) is 96.4 Å². The van der Waals surface area contributed by atoms with Crippen molar-refractivity contribution in [3.8, 4) is 0 Å². The lowest BCUT2D eigenvalue weighted by Crippen LogP contribution is -2.14. The Balaban J connectivity index is 2.41. The number of nitrogens with zero attached hydrogens (tertiary/aromatic N) is 1.